The minimum atomic E-state index is 0.202. The van der Waals surface area contributed by atoms with Gasteiger partial charge in [-0.3, -0.25) is 0 Å². The fourth-order valence-corrected chi connectivity index (χ4v) is 2.35. The van der Waals surface area contributed by atoms with Crippen LogP contribution in [0.1, 0.15) is 58.2 Å². The van der Waals surface area contributed by atoms with E-state index in [0.717, 1.165) is 0 Å². The van der Waals surface area contributed by atoms with E-state index in [1.165, 1.54) is 21.2 Å². The van der Waals surface area contributed by atoms with E-state index in [0.29, 0.717) is 0 Å². The molecular weight excluding hydrogens is 260 g/mol. The van der Waals surface area contributed by atoms with Gasteiger partial charge in [-0.2, -0.15) is 0 Å². The molecule has 0 amide bonds. The lowest BCUT2D eigenvalue weighted by Gasteiger charge is -2.27. The molecule has 0 aromatic heterocycles. The molecule has 0 aliphatic heterocycles. The summed E-state index contributed by atoms with van der Waals surface area (Å²) in [6, 6.07) is 4.62. The molecule has 0 nitrogen and oxygen atoms in total. The zero-order valence-corrected chi connectivity index (χ0v) is 13.1. The minimum absolute atomic E-state index is 0.202. The Morgan fingerprint density at radius 1 is 0.875 bits per heavy atom. The van der Waals surface area contributed by atoms with Crippen LogP contribution in [0, 0.1) is 6.92 Å². The van der Waals surface area contributed by atoms with Crippen molar-refractivity contribution in [3.63, 3.8) is 0 Å². The first-order valence-electron chi connectivity index (χ1n) is 5.84. The van der Waals surface area contributed by atoms with E-state index in [4.69, 9.17) is 0 Å². The van der Waals surface area contributed by atoms with E-state index >= 15 is 0 Å². The standard InChI is InChI=1S/C15H23Br/c1-10-12(15(5,6)7)8-11(9-13(10)16)14(2,3)4/h8-9H,1-7H3. The van der Waals surface area contributed by atoms with Crippen molar-refractivity contribution < 1.29 is 0 Å². The molecule has 1 aromatic rings. The summed E-state index contributed by atoms with van der Waals surface area (Å²) in [4.78, 5) is 0. The van der Waals surface area contributed by atoms with Gasteiger partial charge in [0.25, 0.3) is 0 Å². The van der Waals surface area contributed by atoms with Crippen molar-refractivity contribution in [2.24, 2.45) is 0 Å². The first-order valence-corrected chi connectivity index (χ1v) is 6.64. The normalized spacial score (nSPS) is 13.0. The second-order valence-corrected chi connectivity index (χ2v) is 7.48. The number of halogens is 1. The molecule has 0 heterocycles. The first kappa shape index (κ1) is 13.8. The number of hydrogen-bond donors (Lipinski definition) is 0. The lowest BCUT2D eigenvalue weighted by Crippen LogP contribution is -2.18. The Morgan fingerprint density at radius 3 is 1.75 bits per heavy atom. The van der Waals surface area contributed by atoms with Gasteiger partial charge >= 0.3 is 0 Å². The number of rotatable bonds is 0. The molecule has 16 heavy (non-hydrogen) atoms. The van der Waals surface area contributed by atoms with Crippen molar-refractivity contribution in [3.05, 3.63) is 33.3 Å². The molecule has 0 fully saturated rings. The molecule has 0 atom stereocenters. The molecule has 0 aliphatic carbocycles. The molecule has 1 heteroatoms. The molecule has 0 saturated heterocycles. The molecule has 0 aliphatic rings. The zero-order valence-electron chi connectivity index (χ0n) is 11.5. The fraction of sp³-hybridized carbons (Fsp3) is 0.600. The quantitative estimate of drug-likeness (QED) is 0.602. The van der Waals surface area contributed by atoms with E-state index in [1.807, 2.05) is 0 Å². The zero-order chi connectivity index (χ0) is 12.7. The van der Waals surface area contributed by atoms with Crippen LogP contribution < -0.4 is 0 Å². The van der Waals surface area contributed by atoms with Crippen LogP contribution in [0.15, 0.2) is 16.6 Å². The van der Waals surface area contributed by atoms with Gasteiger partial charge < -0.3 is 0 Å². The van der Waals surface area contributed by atoms with E-state index < -0.39 is 0 Å². The van der Waals surface area contributed by atoms with E-state index in [2.05, 4.69) is 76.5 Å². The third kappa shape index (κ3) is 2.88. The highest BCUT2D eigenvalue weighted by Gasteiger charge is 2.22. The second-order valence-electron chi connectivity index (χ2n) is 6.63. The van der Waals surface area contributed by atoms with Gasteiger partial charge in [0.15, 0.2) is 0 Å². The molecule has 0 N–H and O–H groups in total. The predicted molar refractivity (Wildman–Crippen MR) is 76.3 cm³/mol. The van der Waals surface area contributed by atoms with Gasteiger partial charge in [0, 0.05) is 4.47 Å². The molecule has 0 radical (unpaired) electrons. The predicted octanol–water partition coefficient (Wildman–Crippen LogP) is 5.35. The smallest absolute Gasteiger partial charge is 0.0210 e. The van der Waals surface area contributed by atoms with Gasteiger partial charge in [0.1, 0.15) is 0 Å². The summed E-state index contributed by atoms with van der Waals surface area (Å²) in [6.45, 7) is 15.8. The monoisotopic (exact) mass is 282 g/mol. The lowest BCUT2D eigenvalue weighted by atomic mass is 9.79. The van der Waals surface area contributed by atoms with Gasteiger partial charge in [-0.1, -0.05) is 63.5 Å². The van der Waals surface area contributed by atoms with Crippen molar-refractivity contribution in [3.8, 4) is 0 Å². The summed E-state index contributed by atoms with van der Waals surface area (Å²) >= 11 is 3.68. The summed E-state index contributed by atoms with van der Waals surface area (Å²) in [5, 5.41) is 0. The molecule has 90 valence electrons. The van der Waals surface area contributed by atoms with Gasteiger partial charge in [-0.05, 0) is 40.5 Å². The van der Waals surface area contributed by atoms with Crippen LogP contribution in [0.25, 0.3) is 0 Å². The average molecular weight is 283 g/mol. The van der Waals surface area contributed by atoms with Crippen LogP contribution in [-0.4, -0.2) is 0 Å². The van der Waals surface area contributed by atoms with Gasteiger partial charge in [-0.25, -0.2) is 0 Å². The van der Waals surface area contributed by atoms with Gasteiger partial charge in [-0.15, -0.1) is 0 Å². The SMILES string of the molecule is Cc1c(Br)cc(C(C)(C)C)cc1C(C)(C)C. The Morgan fingerprint density at radius 2 is 1.38 bits per heavy atom. The van der Waals surface area contributed by atoms with Crippen LogP contribution in [-0.2, 0) is 10.8 Å². The van der Waals surface area contributed by atoms with Crippen LogP contribution in [0.5, 0.6) is 0 Å². The first-order chi connectivity index (χ1) is 7.03. The Kier molecular flexibility index (Phi) is 3.59. The largest absolute Gasteiger partial charge is 0.0561 e. The maximum absolute atomic E-state index is 3.68. The van der Waals surface area contributed by atoms with Gasteiger partial charge in [0.2, 0.25) is 0 Å². The summed E-state index contributed by atoms with van der Waals surface area (Å²) in [5.41, 5.74) is 4.60. The highest BCUT2D eigenvalue weighted by molar-refractivity contribution is 9.10. The third-order valence-corrected chi connectivity index (χ3v) is 3.84. The van der Waals surface area contributed by atoms with E-state index in [-0.39, 0.29) is 10.8 Å². The van der Waals surface area contributed by atoms with Crippen LogP contribution in [0.3, 0.4) is 0 Å². The minimum Gasteiger partial charge on any atom is -0.0561 e. The lowest BCUT2D eigenvalue weighted by molar-refractivity contribution is 0.565. The average Bonchev–Trinajstić information content (AvgIpc) is 2.05. The Hall–Kier alpha value is -0.300. The highest BCUT2D eigenvalue weighted by atomic mass is 79.9. The van der Waals surface area contributed by atoms with Crippen molar-refractivity contribution >= 4 is 15.9 Å². The van der Waals surface area contributed by atoms with Crippen LogP contribution in [0.4, 0.5) is 0 Å². The van der Waals surface area contributed by atoms with Crippen molar-refractivity contribution in [2.75, 3.05) is 0 Å². The van der Waals surface area contributed by atoms with E-state index in [9.17, 15) is 0 Å². The van der Waals surface area contributed by atoms with Crippen LogP contribution in [0.2, 0.25) is 0 Å². The Bertz CT molecular complexity index is 389. The molecule has 0 saturated carbocycles. The maximum Gasteiger partial charge on any atom is 0.0210 e. The molecule has 0 bridgehead atoms. The topological polar surface area (TPSA) is 0 Å². The molecule has 1 aromatic carbocycles. The van der Waals surface area contributed by atoms with Crippen molar-refractivity contribution in [1.82, 2.24) is 0 Å². The second kappa shape index (κ2) is 4.18. The number of benzene rings is 1. The number of hydrogen-bond acceptors (Lipinski definition) is 0. The maximum atomic E-state index is 3.68. The summed E-state index contributed by atoms with van der Waals surface area (Å²) < 4.78 is 1.23. The van der Waals surface area contributed by atoms with Crippen molar-refractivity contribution in [2.45, 2.75) is 59.3 Å². The Balaban J connectivity index is 3.46. The summed E-state index contributed by atoms with van der Waals surface area (Å²) in [7, 11) is 0. The third-order valence-electron chi connectivity index (χ3n) is 3.02. The van der Waals surface area contributed by atoms with Gasteiger partial charge in [0.05, 0.1) is 0 Å². The molecule has 0 spiro atoms. The summed E-state index contributed by atoms with van der Waals surface area (Å²) in [6.07, 6.45) is 0. The molecule has 1 rings (SSSR count). The molecule has 0 unspecified atom stereocenters. The summed E-state index contributed by atoms with van der Waals surface area (Å²) in [5.74, 6) is 0. The van der Waals surface area contributed by atoms with Crippen LogP contribution >= 0.6 is 15.9 Å². The highest BCUT2D eigenvalue weighted by Crippen LogP contribution is 2.35. The van der Waals surface area contributed by atoms with E-state index in [1.54, 1.807) is 0 Å². The van der Waals surface area contributed by atoms with Crippen molar-refractivity contribution in [1.29, 1.82) is 0 Å². The molecular formula is C15H23Br. The Labute approximate surface area is 109 Å². The fourth-order valence-electron chi connectivity index (χ4n) is 1.89.